The zero-order chi connectivity index (χ0) is 14.8. The number of Topliss-reactive ketones (excluding diaryl/α,β-unsaturated/α-hetero) is 1. The van der Waals surface area contributed by atoms with Crippen LogP contribution >= 0.6 is 0 Å². The van der Waals surface area contributed by atoms with Crippen molar-refractivity contribution in [1.29, 1.82) is 0 Å². The van der Waals surface area contributed by atoms with Gasteiger partial charge in [-0.2, -0.15) is 0 Å². The summed E-state index contributed by atoms with van der Waals surface area (Å²) in [6, 6.07) is 3.64. The fourth-order valence-electron chi connectivity index (χ4n) is 2.90. The number of hydrogen-bond donors (Lipinski definition) is 2. The molecule has 2 N–H and O–H groups in total. The first-order valence-corrected chi connectivity index (χ1v) is 7.36. The zero-order valence-corrected chi connectivity index (χ0v) is 12.1. The minimum absolute atomic E-state index is 0.0969. The van der Waals surface area contributed by atoms with E-state index in [-0.39, 0.29) is 18.4 Å². The van der Waals surface area contributed by atoms with Gasteiger partial charge < -0.3 is 15.0 Å². The molecule has 21 heavy (non-hydrogen) atoms. The number of aliphatic hydroxyl groups excluding tert-OH is 1. The lowest BCUT2D eigenvalue weighted by Gasteiger charge is -2.28. The Morgan fingerprint density at radius 3 is 3.24 bits per heavy atom. The molecule has 0 aromatic carbocycles. The van der Waals surface area contributed by atoms with Gasteiger partial charge in [-0.15, -0.1) is 0 Å². The zero-order valence-electron chi connectivity index (χ0n) is 12.1. The number of aryl methyl sites for hydroxylation is 1. The minimum atomic E-state index is -0.426. The Kier molecular flexibility index (Phi) is 3.98. The number of nitrogens with one attached hydrogen (secondary N) is 1. The Bertz CT molecular complexity index is 652. The average Bonchev–Trinajstić information content (AvgIpc) is 2.78. The number of aromatic nitrogens is 3. The van der Waals surface area contributed by atoms with Crippen molar-refractivity contribution in [1.82, 2.24) is 19.9 Å². The van der Waals surface area contributed by atoms with Crippen molar-refractivity contribution in [2.24, 2.45) is 0 Å². The smallest absolute Gasteiger partial charge is 0.177 e. The van der Waals surface area contributed by atoms with E-state index in [4.69, 9.17) is 0 Å². The molecule has 1 fully saturated rings. The van der Waals surface area contributed by atoms with Crippen LogP contribution in [0.5, 0.6) is 0 Å². The lowest BCUT2D eigenvalue weighted by molar-refractivity contribution is -0.121. The SMILES string of the molecule is Cc1nc2ncccc2n1CC(=O)C[C@H]1NCCC[C@@H]1O. The van der Waals surface area contributed by atoms with Crippen LogP contribution in [0.1, 0.15) is 25.1 Å². The highest BCUT2D eigenvalue weighted by atomic mass is 16.3. The molecular formula is C15H20N4O2. The van der Waals surface area contributed by atoms with Crippen LogP contribution in [-0.4, -0.2) is 44.1 Å². The van der Waals surface area contributed by atoms with Crippen molar-refractivity contribution in [3.8, 4) is 0 Å². The third kappa shape index (κ3) is 2.96. The van der Waals surface area contributed by atoms with Gasteiger partial charge in [-0.05, 0) is 38.4 Å². The van der Waals surface area contributed by atoms with Gasteiger partial charge in [-0.1, -0.05) is 0 Å². The number of hydrogen-bond acceptors (Lipinski definition) is 5. The molecule has 1 aliphatic rings. The highest BCUT2D eigenvalue weighted by molar-refractivity contribution is 5.81. The van der Waals surface area contributed by atoms with Gasteiger partial charge in [-0.3, -0.25) is 4.79 Å². The van der Waals surface area contributed by atoms with E-state index in [9.17, 15) is 9.90 Å². The molecule has 0 amide bonds. The number of nitrogens with zero attached hydrogens (tertiary/aromatic N) is 3. The molecule has 6 heteroatoms. The first-order valence-electron chi connectivity index (χ1n) is 7.36. The number of ketones is 1. The fraction of sp³-hybridized carbons (Fsp3) is 0.533. The summed E-state index contributed by atoms with van der Waals surface area (Å²) < 4.78 is 1.89. The van der Waals surface area contributed by atoms with Crippen molar-refractivity contribution in [3.05, 3.63) is 24.2 Å². The summed E-state index contributed by atoms with van der Waals surface area (Å²) in [7, 11) is 0. The number of fused-ring (bicyclic) bond motifs is 1. The Labute approximate surface area is 123 Å². The van der Waals surface area contributed by atoms with Gasteiger partial charge in [0.1, 0.15) is 5.82 Å². The molecule has 0 saturated carbocycles. The molecular weight excluding hydrogens is 268 g/mol. The molecule has 1 saturated heterocycles. The van der Waals surface area contributed by atoms with Gasteiger partial charge in [0.25, 0.3) is 0 Å². The molecule has 3 heterocycles. The number of pyridine rings is 1. The fourth-order valence-corrected chi connectivity index (χ4v) is 2.90. The molecule has 112 valence electrons. The van der Waals surface area contributed by atoms with Gasteiger partial charge in [0.05, 0.1) is 18.2 Å². The summed E-state index contributed by atoms with van der Waals surface area (Å²) in [6.45, 7) is 3.02. The van der Waals surface area contributed by atoms with Crippen molar-refractivity contribution < 1.29 is 9.90 Å². The van der Waals surface area contributed by atoms with Crippen LogP contribution < -0.4 is 5.32 Å². The summed E-state index contributed by atoms with van der Waals surface area (Å²) in [4.78, 5) is 20.9. The maximum Gasteiger partial charge on any atom is 0.177 e. The van der Waals surface area contributed by atoms with Gasteiger partial charge in [0.15, 0.2) is 11.4 Å². The predicted octanol–water partition coefficient (Wildman–Crippen LogP) is 0.812. The molecule has 1 aliphatic heterocycles. The van der Waals surface area contributed by atoms with Crippen LogP contribution in [0, 0.1) is 6.92 Å². The van der Waals surface area contributed by atoms with E-state index in [0.717, 1.165) is 30.7 Å². The highest BCUT2D eigenvalue weighted by Gasteiger charge is 2.25. The van der Waals surface area contributed by atoms with Crippen LogP contribution in [-0.2, 0) is 11.3 Å². The van der Waals surface area contributed by atoms with E-state index in [1.165, 1.54) is 0 Å². The second-order valence-electron chi connectivity index (χ2n) is 5.60. The van der Waals surface area contributed by atoms with Gasteiger partial charge in [0, 0.05) is 18.7 Å². The van der Waals surface area contributed by atoms with Gasteiger partial charge >= 0.3 is 0 Å². The van der Waals surface area contributed by atoms with E-state index in [2.05, 4.69) is 15.3 Å². The van der Waals surface area contributed by atoms with Crippen molar-refractivity contribution >= 4 is 16.9 Å². The number of imidazole rings is 1. The van der Waals surface area contributed by atoms with E-state index in [1.54, 1.807) is 6.20 Å². The van der Waals surface area contributed by atoms with Crippen LogP contribution in [0.3, 0.4) is 0 Å². The summed E-state index contributed by atoms with van der Waals surface area (Å²) >= 11 is 0. The third-order valence-corrected chi connectivity index (χ3v) is 4.04. The second-order valence-corrected chi connectivity index (χ2v) is 5.60. The third-order valence-electron chi connectivity index (χ3n) is 4.04. The number of carbonyl (C=O) groups is 1. The predicted molar refractivity (Wildman–Crippen MR) is 78.9 cm³/mol. The Morgan fingerprint density at radius 1 is 1.57 bits per heavy atom. The molecule has 6 nitrogen and oxygen atoms in total. The first kappa shape index (κ1) is 14.2. The van der Waals surface area contributed by atoms with Crippen LogP contribution in [0.15, 0.2) is 18.3 Å². The van der Waals surface area contributed by atoms with Gasteiger partial charge in [-0.25, -0.2) is 9.97 Å². The lowest BCUT2D eigenvalue weighted by atomic mass is 9.97. The molecule has 0 aliphatic carbocycles. The standard InChI is InChI=1S/C15H20N4O2/c1-10-18-15-13(4-2-7-17-15)19(10)9-11(20)8-12-14(21)5-3-6-16-12/h2,4,7,12,14,16,21H,3,5-6,8-9H2,1H3/t12-,14+/m1/s1. The minimum Gasteiger partial charge on any atom is -0.391 e. The molecule has 2 aromatic rings. The Hall–Kier alpha value is -1.79. The highest BCUT2D eigenvalue weighted by Crippen LogP contribution is 2.15. The molecule has 0 radical (unpaired) electrons. The van der Waals surface area contributed by atoms with E-state index in [1.807, 2.05) is 23.6 Å². The first-order chi connectivity index (χ1) is 10.1. The number of carbonyl (C=O) groups excluding carboxylic acids is 1. The van der Waals surface area contributed by atoms with Crippen LogP contribution in [0.2, 0.25) is 0 Å². The summed E-state index contributed by atoms with van der Waals surface area (Å²) in [5, 5.41) is 13.1. The molecule has 0 spiro atoms. The summed E-state index contributed by atoms with van der Waals surface area (Å²) in [6.07, 6.45) is 3.35. The largest absolute Gasteiger partial charge is 0.391 e. The number of aliphatic hydroxyl groups is 1. The van der Waals surface area contributed by atoms with Crippen molar-refractivity contribution in [2.45, 2.75) is 44.9 Å². The Balaban J connectivity index is 1.73. The molecule has 0 unspecified atom stereocenters. The van der Waals surface area contributed by atoms with Crippen LogP contribution in [0.25, 0.3) is 11.2 Å². The molecule has 2 aromatic heterocycles. The molecule has 0 bridgehead atoms. The van der Waals surface area contributed by atoms with E-state index < -0.39 is 6.10 Å². The quantitative estimate of drug-likeness (QED) is 0.870. The van der Waals surface area contributed by atoms with Gasteiger partial charge in [0.2, 0.25) is 0 Å². The Morgan fingerprint density at radius 2 is 2.43 bits per heavy atom. The number of piperidine rings is 1. The topological polar surface area (TPSA) is 80.0 Å². The van der Waals surface area contributed by atoms with E-state index in [0.29, 0.717) is 12.1 Å². The van der Waals surface area contributed by atoms with Crippen molar-refractivity contribution in [3.63, 3.8) is 0 Å². The lowest BCUT2D eigenvalue weighted by Crippen LogP contribution is -2.46. The number of rotatable bonds is 4. The second kappa shape index (κ2) is 5.91. The maximum absolute atomic E-state index is 12.3. The molecule has 3 rings (SSSR count). The van der Waals surface area contributed by atoms with E-state index >= 15 is 0 Å². The van der Waals surface area contributed by atoms with Crippen molar-refractivity contribution in [2.75, 3.05) is 6.54 Å². The summed E-state index contributed by atoms with van der Waals surface area (Å²) in [5.74, 6) is 0.883. The molecule has 2 atom stereocenters. The maximum atomic E-state index is 12.3. The van der Waals surface area contributed by atoms with Crippen LogP contribution in [0.4, 0.5) is 0 Å². The summed E-state index contributed by atoms with van der Waals surface area (Å²) in [5.41, 5.74) is 1.54. The monoisotopic (exact) mass is 288 g/mol. The normalized spacial score (nSPS) is 22.6. The average molecular weight is 288 g/mol.